The van der Waals surface area contributed by atoms with Gasteiger partial charge in [0.15, 0.2) is 0 Å². The molecule has 1 aliphatic rings. The zero-order chi connectivity index (χ0) is 21.4. The van der Waals surface area contributed by atoms with Gasteiger partial charge in [0.05, 0.1) is 17.1 Å². The predicted molar refractivity (Wildman–Crippen MR) is 122 cm³/mol. The third-order valence-electron chi connectivity index (χ3n) is 5.09. The highest BCUT2D eigenvalue weighted by Crippen LogP contribution is 2.27. The topological polar surface area (TPSA) is 70.8 Å². The van der Waals surface area contributed by atoms with Crippen molar-refractivity contribution in [3.63, 3.8) is 0 Å². The molecule has 1 aliphatic heterocycles. The largest absolute Gasteiger partial charge is 0.492 e. The number of halogens is 1. The fourth-order valence-corrected chi connectivity index (χ4v) is 4.14. The number of nitrogens with two attached hydrogens (primary N) is 1. The summed E-state index contributed by atoms with van der Waals surface area (Å²) in [6, 6.07) is 6.06. The molecular weight excluding hydrogens is 432 g/mol. The number of carbonyl (C=O) groups is 1. The Morgan fingerprint density at radius 2 is 2.17 bits per heavy atom. The lowest BCUT2D eigenvalue weighted by molar-refractivity contribution is -0.123. The van der Waals surface area contributed by atoms with Crippen LogP contribution in [-0.2, 0) is 11.3 Å². The van der Waals surface area contributed by atoms with Gasteiger partial charge < -0.3 is 20.7 Å². The molecule has 1 aromatic rings. The van der Waals surface area contributed by atoms with Crippen molar-refractivity contribution >= 4 is 21.8 Å². The Labute approximate surface area is 184 Å². The van der Waals surface area contributed by atoms with Gasteiger partial charge in [-0.2, -0.15) is 0 Å². The maximum absolute atomic E-state index is 12.2. The van der Waals surface area contributed by atoms with Crippen LogP contribution in [0.15, 0.2) is 22.7 Å². The van der Waals surface area contributed by atoms with Crippen molar-refractivity contribution in [1.82, 2.24) is 15.1 Å². The summed E-state index contributed by atoms with van der Waals surface area (Å²) in [4.78, 5) is 16.8. The zero-order valence-electron chi connectivity index (χ0n) is 18.3. The smallest absolute Gasteiger partial charge is 0.237 e. The van der Waals surface area contributed by atoms with Crippen molar-refractivity contribution in [3.8, 4) is 5.75 Å². The summed E-state index contributed by atoms with van der Waals surface area (Å²) < 4.78 is 6.87. The average Bonchev–Trinajstić information content (AvgIpc) is 3.06. The van der Waals surface area contributed by atoms with Crippen LogP contribution in [0, 0.1) is 5.92 Å². The summed E-state index contributed by atoms with van der Waals surface area (Å²) in [7, 11) is 4.14. The number of carbonyl (C=O) groups excluding carboxylic acids is 1. The number of nitrogens with one attached hydrogen (secondary N) is 1. The molecule has 0 spiro atoms. The van der Waals surface area contributed by atoms with Gasteiger partial charge in [0, 0.05) is 32.2 Å². The van der Waals surface area contributed by atoms with Crippen molar-refractivity contribution in [2.75, 3.05) is 40.3 Å². The minimum Gasteiger partial charge on any atom is -0.492 e. The molecule has 7 heteroatoms. The molecule has 2 atom stereocenters. The number of ether oxygens (including phenoxy) is 1. The van der Waals surface area contributed by atoms with Gasteiger partial charge in [-0.1, -0.05) is 19.9 Å². The second-order valence-corrected chi connectivity index (χ2v) is 9.59. The molecule has 0 unspecified atom stereocenters. The summed E-state index contributed by atoms with van der Waals surface area (Å²) in [6.45, 7) is 8.61. The van der Waals surface area contributed by atoms with Crippen LogP contribution in [0.5, 0.6) is 5.75 Å². The maximum Gasteiger partial charge on any atom is 0.237 e. The molecule has 1 amide bonds. The first-order valence-electron chi connectivity index (χ1n) is 10.6. The van der Waals surface area contributed by atoms with Crippen LogP contribution in [0.25, 0.3) is 0 Å². The van der Waals surface area contributed by atoms with Crippen molar-refractivity contribution in [2.45, 2.75) is 51.7 Å². The van der Waals surface area contributed by atoms with Crippen molar-refractivity contribution in [2.24, 2.45) is 11.7 Å². The molecule has 29 heavy (non-hydrogen) atoms. The lowest BCUT2D eigenvalue weighted by Gasteiger charge is -2.20. The molecular formula is C22H37BrN4O2. The van der Waals surface area contributed by atoms with Crippen LogP contribution in [-0.4, -0.2) is 68.1 Å². The van der Waals surface area contributed by atoms with E-state index in [1.165, 1.54) is 5.56 Å². The predicted octanol–water partition coefficient (Wildman–Crippen LogP) is 2.84. The lowest BCUT2D eigenvalue weighted by Crippen LogP contribution is -2.46. The number of rotatable bonds is 11. The summed E-state index contributed by atoms with van der Waals surface area (Å²) in [6.07, 6.45) is 2.69. The fourth-order valence-electron chi connectivity index (χ4n) is 3.60. The van der Waals surface area contributed by atoms with E-state index in [0.717, 1.165) is 55.7 Å². The number of benzene rings is 1. The lowest BCUT2D eigenvalue weighted by atomic mass is 10.0. The third kappa shape index (κ3) is 8.62. The molecule has 3 N–H and O–H groups in total. The van der Waals surface area contributed by atoms with Gasteiger partial charge in [-0.15, -0.1) is 0 Å². The van der Waals surface area contributed by atoms with E-state index in [0.29, 0.717) is 12.5 Å². The van der Waals surface area contributed by atoms with E-state index in [1.807, 2.05) is 6.07 Å². The molecule has 0 aliphatic carbocycles. The Balaban J connectivity index is 1.77. The molecule has 2 rings (SSSR count). The van der Waals surface area contributed by atoms with Gasteiger partial charge in [0.1, 0.15) is 5.75 Å². The minimum atomic E-state index is -0.412. The Hall–Kier alpha value is -1.15. The van der Waals surface area contributed by atoms with Gasteiger partial charge >= 0.3 is 0 Å². The molecule has 0 radical (unpaired) electrons. The Bertz CT molecular complexity index is 654. The van der Waals surface area contributed by atoms with Crippen molar-refractivity contribution in [3.05, 3.63) is 28.2 Å². The molecule has 1 heterocycles. The van der Waals surface area contributed by atoms with Gasteiger partial charge in [-0.3, -0.25) is 9.69 Å². The molecule has 1 saturated heterocycles. The van der Waals surface area contributed by atoms with Gasteiger partial charge in [-0.25, -0.2) is 0 Å². The van der Waals surface area contributed by atoms with Gasteiger partial charge in [0.2, 0.25) is 5.91 Å². The first-order valence-corrected chi connectivity index (χ1v) is 11.4. The van der Waals surface area contributed by atoms with E-state index >= 15 is 0 Å². The highest BCUT2D eigenvalue weighted by atomic mass is 79.9. The molecule has 0 aromatic heterocycles. The van der Waals surface area contributed by atoms with Crippen molar-refractivity contribution in [1.29, 1.82) is 0 Å². The Morgan fingerprint density at radius 3 is 2.83 bits per heavy atom. The highest BCUT2D eigenvalue weighted by molar-refractivity contribution is 9.10. The second kappa shape index (κ2) is 11.9. The quantitative estimate of drug-likeness (QED) is 0.488. The average molecular weight is 469 g/mol. The second-order valence-electron chi connectivity index (χ2n) is 8.74. The Morgan fingerprint density at radius 1 is 1.41 bits per heavy atom. The number of hydrogen-bond acceptors (Lipinski definition) is 5. The normalized spacial score (nSPS) is 18.4. The summed E-state index contributed by atoms with van der Waals surface area (Å²) in [5.74, 6) is 1.29. The van der Waals surface area contributed by atoms with E-state index in [2.05, 4.69) is 71.1 Å². The van der Waals surface area contributed by atoms with Gasteiger partial charge in [0.25, 0.3) is 0 Å². The van der Waals surface area contributed by atoms with Crippen LogP contribution in [0.2, 0.25) is 0 Å². The highest BCUT2D eigenvalue weighted by Gasteiger charge is 2.26. The molecule has 1 fully saturated rings. The molecule has 6 nitrogen and oxygen atoms in total. The molecule has 1 aromatic carbocycles. The number of hydrogen-bond donors (Lipinski definition) is 2. The van der Waals surface area contributed by atoms with E-state index in [-0.39, 0.29) is 11.9 Å². The number of amides is 1. The van der Waals surface area contributed by atoms with Crippen LogP contribution >= 0.6 is 15.9 Å². The summed E-state index contributed by atoms with van der Waals surface area (Å²) >= 11 is 3.63. The van der Waals surface area contributed by atoms with Crippen molar-refractivity contribution < 1.29 is 9.53 Å². The monoisotopic (exact) mass is 468 g/mol. The minimum absolute atomic E-state index is 0.0240. The van der Waals surface area contributed by atoms with Crippen LogP contribution in [0.3, 0.4) is 0 Å². The third-order valence-corrected chi connectivity index (χ3v) is 5.71. The molecule has 0 saturated carbocycles. The Kier molecular flexibility index (Phi) is 9.89. The molecule has 164 valence electrons. The number of nitrogens with zero attached hydrogens (tertiary/aromatic N) is 2. The van der Waals surface area contributed by atoms with E-state index in [4.69, 9.17) is 10.5 Å². The number of likely N-dealkylation sites (tertiary alicyclic amines) is 1. The van der Waals surface area contributed by atoms with Crippen LogP contribution in [0.1, 0.15) is 38.7 Å². The summed E-state index contributed by atoms with van der Waals surface area (Å²) in [5, 5.41) is 3.12. The van der Waals surface area contributed by atoms with E-state index in [9.17, 15) is 4.79 Å². The first-order chi connectivity index (χ1) is 13.7. The SMILES string of the molecule is CC(C)C[C@H](N)C(=O)N[C@H]1CCN(Cc2ccc(OCCCN(C)C)c(Br)c2)C1. The fraction of sp³-hybridized carbons (Fsp3) is 0.682. The summed E-state index contributed by atoms with van der Waals surface area (Å²) in [5.41, 5.74) is 7.24. The van der Waals surface area contributed by atoms with E-state index in [1.54, 1.807) is 0 Å². The van der Waals surface area contributed by atoms with Gasteiger partial charge in [-0.05, 0) is 72.9 Å². The molecule has 0 bridgehead atoms. The van der Waals surface area contributed by atoms with Crippen LogP contribution < -0.4 is 15.8 Å². The van der Waals surface area contributed by atoms with Crippen LogP contribution in [0.4, 0.5) is 0 Å². The maximum atomic E-state index is 12.2. The zero-order valence-corrected chi connectivity index (χ0v) is 19.9. The first kappa shape index (κ1) is 24.1. The van der Waals surface area contributed by atoms with E-state index < -0.39 is 6.04 Å². The standard InChI is InChI=1S/C22H37BrN4O2/c1-16(2)12-20(24)22(28)25-18-8-10-27(15-18)14-17-6-7-21(19(23)13-17)29-11-5-9-26(3)4/h6-7,13,16,18,20H,5,8-12,14-15,24H2,1-4H3,(H,25,28)/t18-,20-/m0/s1.